The molecule has 2 aromatic rings. The van der Waals surface area contributed by atoms with Crippen LogP contribution >= 0.6 is 0 Å². The Kier molecular flexibility index (Phi) is 3.77. The summed E-state index contributed by atoms with van der Waals surface area (Å²) < 4.78 is 11.6. The van der Waals surface area contributed by atoms with Gasteiger partial charge in [0.25, 0.3) is 0 Å². The molecule has 0 aromatic heterocycles. The largest absolute Gasteiger partial charge is 0.493 e. The first kappa shape index (κ1) is 13.5. The Morgan fingerprint density at radius 2 is 2.00 bits per heavy atom. The van der Waals surface area contributed by atoms with E-state index in [0.29, 0.717) is 18.9 Å². The van der Waals surface area contributed by atoms with E-state index in [4.69, 9.17) is 14.7 Å². The molecule has 1 unspecified atom stereocenters. The van der Waals surface area contributed by atoms with Crippen molar-refractivity contribution in [3.05, 3.63) is 59.7 Å². The van der Waals surface area contributed by atoms with Gasteiger partial charge in [0, 0.05) is 11.1 Å². The van der Waals surface area contributed by atoms with Gasteiger partial charge in [-0.05, 0) is 25.1 Å². The second-order valence-corrected chi connectivity index (χ2v) is 5.04. The molecule has 1 aliphatic rings. The molecule has 3 rings (SSSR count). The van der Waals surface area contributed by atoms with E-state index in [1.807, 2.05) is 42.5 Å². The quantitative estimate of drug-likeness (QED) is 0.531. The highest BCUT2D eigenvalue weighted by Gasteiger charge is 2.24. The Morgan fingerprint density at radius 3 is 2.86 bits per heavy atom. The fourth-order valence-corrected chi connectivity index (χ4v) is 2.50. The summed E-state index contributed by atoms with van der Waals surface area (Å²) in [6.07, 6.45) is 0. The SMILES string of the molecule is CC(=NO)c1ccccc1OCC1COc2ccccc21. The summed E-state index contributed by atoms with van der Waals surface area (Å²) in [5, 5.41) is 12.2. The highest BCUT2D eigenvalue weighted by molar-refractivity contribution is 6.00. The van der Waals surface area contributed by atoms with Crippen molar-refractivity contribution >= 4 is 5.71 Å². The van der Waals surface area contributed by atoms with E-state index < -0.39 is 0 Å². The van der Waals surface area contributed by atoms with E-state index >= 15 is 0 Å². The molecule has 4 heteroatoms. The molecule has 0 aliphatic carbocycles. The van der Waals surface area contributed by atoms with Gasteiger partial charge < -0.3 is 14.7 Å². The van der Waals surface area contributed by atoms with Crippen LogP contribution in [0.5, 0.6) is 11.5 Å². The minimum atomic E-state index is 0.223. The Bertz CT molecular complexity index is 667. The number of para-hydroxylation sites is 2. The summed E-state index contributed by atoms with van der Waals surface area (Å²) in [5.41, 5.74) is 2.52. The lowest BCUT2D eigenvalue weighted by atomic mass is 10.0. The molecule has 0 radical (unpaired) electrons. The van der Waals surface area contributed by atoms with Gasteiger partial charge in [-0.3, -0.25) is 0 Å². The van der Waals surface area contributed by atoms with Gasteiger partial charge >= 0.3 is 0 Å². The monoisotopic (exact) mass is 283 g/mol. The van der Waals surface area contributed by atoms with Crippen LogP contribution in [0, 0.1) is 0 Å². The van der Waals surface area contributed by atoms with Crippen LogP contribution in [0.2, 0.25) is 0 Å². The van der Waals surface area contributed by atoms with E-state index in [0.717, 1.165) is 17.1 Å². The maximum Gasteiger partial charge on any atom is 0.128 e. The van der Waals surface area contributed by atoms with Crippen LogP contribution in [-0.4, -0.2) is 24.1 Å². The Balaban J connectivity index is 1.75. The number of rotatable bonds is 4. The lowest BCUT2D eigenvalue weighted by molar-refractivity contribution is 0.248. The number of ether oxygens (including phenoxy) is 2. The van der Waals surface area contributed by atoms with Crippen LogP contribution in [0.3, 0.4) is 0 Å². The standard InChI is InChI=1S/C17H17NO3/c1-12(18-19)14-6-2-4-8-16(14)20-10-13-11-21-17-9-5-3-7-15(13)17/h2-9,13,19H,10-11H2,1H3. The van der Waals surface area contributed by atoms with Crippen molar-refractivity contribution in [2.45, 2.75) is 12.8 Å². The molecule has 0 saturated heterocycles. The number of hydrogen-bond donors (Lipinski definition) is 1. The van der Waals surface area contributed by atoms with Crippen LogP contribution in [0.4, 0.5) is 0 Å². The molecule has 1 aliphatic heterocycles. The molecule has 4 nitrogen and oxygen atoms in total. The normalized spacial score (nSPS) is 17.2. The summed E-state index contributed by atoms with van der Waals surface area (Å²) in [6.45, 7) is 2.91. The predicted molar refractivity (Wildman–Crippen MR) is 80.6 cm³/mol. The molecule has 0 fully saturated rings. The summed E-state index contributed by atoms with van der Waals surface area (Å²) in [7, 11) is 0. The third-order valence-electron chi connectivity index (χ3n) is 3.67. The van der Waals surface area contributed by atoms with E-state index in [2.05, 4.69) is 11.2 Å². The number of fused-ring (bicyclic) bond motifs is 1. The maximum absolute atomic E-state index is 8.93. The highest BCUT2D eigenvalue weighted by atomic mass is 16.5. The first-order valence-electron chi connectivity index (χ1n) is 6.92. The molecule has 1 heterocycles. The number of oxime groups is 1. The Labute approximate surface area is 123 Å². The minimum Gasteiger partial charge on any atom is -0.493 e. The van der Waals surface area contributed by atoms with E-state index in [9.17, 15) is 0 Å². The zero-order valence-corrected chi connectivity index (χ0v) is 11.8. The molecule has 1 N–H and O–H groups in total. The van der Waals surface area contributed by atoms with Crippen molar-refractivity contribution in [2.24, 2.45) is 5.16 Å². The third kappa shape index (κ3) is 2.70. The third-order valence-corrected chi connectivity index (χ3v) is 3.67. The molecule has 0 saturated carbocycles. The summed E-state index contributed by atoms with van der Waals surface area (Å²) in [5.74, 6) is 1.88. The van der Waals surface area contributed by atoms with Gasteiger partial charge in [-0.25, -0.2) is 0 Å². The van der Waals surface area contributed by atoms with Crippen molar-refractivity contribution < 1.29 is 14.7 Å². The second-order valence-electron chi connectivity index (χ2n) is 5.04. The van der Waals surface area contributed by atoms with Gasteiger partial charge in [0.1, 0.15) is 11.5 Å². The molecule has 21 heavy (non-hydrogen) atoms. The number of benzene rings is 2. The summed E-state index contributed by atoms with van der Waals surface area (Å²) in [4.78, 5) is 0. The number of nitrogens with zero attached hydrogens (tertiary/aromatic N) is 1. The topological polar surface area (TPSA) is 51.1 Å². The van der Waals surface area contributed by atoms with Crippen LogP contribution in [0.1, 0.15) is 24.0 Å². The first-order valence-corrected chi connectivity index (χ1v) is 6.92. The van der Waals surface area contributed by atoms with Crippen molar-refractivity contribution in [3.63, 3.8) is 0 Å². The highest BCUT2D eigenvalue weighted by Crippen LogP contribution is 2.34. The van der Waals surface area contributed by atoms with Crippen LogP contribution < -0.4 is 9.47 Å². The van der Waals surface area contributed by atoms with Crippen molar-refractivity contribution in [3.8, 4) is 11.5 Å². The Hall–Kier alpha value is -2.49. The first-order chi connectivity index (χ1) is 10.3. The molecule has 1 atom stereocenters. The molecule has 108 valence electrons. The van der Waals surface area contributed by atoms with Crippen molar-refractivity contribution in [1.82, 2.24) is 0 Å². The zero-order valence-electron chi connectivity index (χ0n) is 11.8. The minimum absolute atomic E-state index is 0.223. The van der Waals surface area contributed by atoms with E-state index in [-0.39, 0.29) is 5.92 Å². The van der Waals surface area contributed by atoms with E-state index in [1.165, 1.54) is 5.56 Å². The van der Waals surface area contributed by atoms with Gasteiger partial charge in [-0.2, -0.15) is 0 Å². The number of hydrogen-bond acceptors (Lipinski definition) is 4. The second kappa shape index (κ2) is 5.87. The molecule has 0 spiro atoms. The van der Waals surface area contributed by atoms with Gasteiger partial charge in [0.2, 0.25) is 0 Å². The van der Waals surface area contributed by atoms with Crippen molar-refractivity contribution in [1.29, 1.82) is 0 Å². The lowest BCUT2D eigenvalue weighted by Gasteiger charge is -2.14. The van der Waals surface area contributed by atoms with Gasteiger partial charge in [0.05, 0.1) is 24.8 Å². The summed E-state index contributed by atoms with van der Waals surface area (Å²) >= 11 is 0. The van der Waals surface area contributed by atoms with E-state index in [1.54, 1.807) is 6.92 Å². The maximum atomic E-state index is 8.93. The fourth-order valence-electron chi connectivity index (χ4n) is 2.50. The predicted octanol–water partition coefficient (Wildman–Crippen LogP) is 3.44. The molecular weight excluding hydrogens is 266 g/mol. The lowest BCUT2D eigenvalue weighted by Crippen LogP contribution is -2.13. The molecule has 0 bridgehead atoms. The Morgan fingerprint density at radius 1 is 1.24 bits per heavy atom. The molecular formula is C17H17NO3. The average molecular weight is 283 g/mol. The van der Waals surface area contributed by atoms with Gasteiger partial charge in [0.15, 0.2) is 0 Å². The van der Waals surface area contributed by atoms with Crippen molar-refractivity contribution in [2.75, 3.05) is 13.2 Å². The smallest absolute Gasteiger partial charge is 0.128 e. The van der Waals surface area contributed by atoms with Crippen LogP contribution in [-0.2, 0) is 0 Å². The van der Waals surface area contributed by atoms with Gasteiger partial charge in [-0.1, -0.05) is 35.5 Å². The molecule has 0 amide bonds. The van der Waals surface area contributed by atoms with Crippen LogP contribution in [0.25, 0.3) is 0 Å². The molecule has 2 aromatic carbocycles. The summed E-state index contributed by atoms with van der Waals surface area (Å²) in [6, 6.07) is 15.6. The average Bonchev–Trinajstić information content (AvgIpc) is 2.96. The zero-order chi connectivity index (χ0) is 14.7. The van der Waals surface area contributed by atoms with Crippen LogP contribution in [0.15, 0.2) is 53.7 Å². The fraction of sp³-hybridized carbons (Fsp3) is 0.235. The van der Waals surface area contributed by atoms with Gasteiger partial charge in [-0.15, -0.1) is 0 Å².